The van der Waals surface area contributed by atoms with Gasteiger partial charge in [0, 0.05) is 34.3 Å². The second kappa shape index (κ2) is 7.94. The molecule has 4 aromatic rings. The topological polar surface area (TPSA) is 103 Å². The van der Waals surface area contributed by atoms with Crippen LogP contribution < -0.4 is 10.9 Å². The Kier molecular flexibility index (Phi) is 4.74. The van der Waals surface area contributed by atoms with Gasteiger partial charge in [-0.1, -0.05) is 18.2 Å². The van der Waals surface area contributed by atoms with Gasteiger partial charge in [-0.3, -0.25) is 14.7 Å². The third kappa shape index (κ3) is 3.23. The fourth-order valence-corrected chi connectivity index (χ4v) is 6.52. The fourth-order valence-electron chi connectivity index (χ4n) is 5.42. The molecule has 7 rings (SSSR count). The highest BCUT2D eigenvalue weighted by Gasteiger charge is 2.40. The lowest BCUT2D eigenvalue weighted by atomic mass is 9.92. The zero-order valence-electron chi connectivity index (χ0n) is 19.2. The van der Waals surface area contributed by atoms with Crippen molar-refractivity contribution in [3.8, 4) is 17.0 Å². The maximum absolute atomic E-state index is 15.1. The predicted octanol–water partition coefficient (Wildman–Crippen LogP) is 3.50. The molecule has 5 heterocycles. The molecule has 0 radical (unpaired) electrons. The highest BCUT2D eigenvalue weighted by Crippen LogP contribution is 2.41. The molecule has 2 aromatic carbocycles. The molecule has 0 fully saturated rings. The minimum absolute atomic E-state index is 0.184. The number of carbonyl (C=O) groups is 1. The molecule has 1 atom stereocenters. The number of H-pyrrole nitrogens is 1. The zero-order chi connectivity index (χ0) is 25.4. The maximum Gasteiger partial charge on any atom is 0.278 e. The molecule has 3 N–H and O–H groups in total. The lowest BCUT2D eigenvalue weighted by Crippen LogP contribution is -2.56. The molecular formula is C26H19F2N5O3S. The Morgan fingerprint density at radius 1 is 1.11 bits per heavy atom. The predicted molar refractivity (Wildman–Crippen MR) is 132 cm³/mol. The monoisotopic (exact) mass is 519 g/mol. The van der Waals surface area contributed by atoms with Crippen molar-refractivity contribution in [3.05, 3.63) is 98.1 Å². The molecule has 0 saturated carbocycles. The van der Waals surface area contributed by atoms with E-state index in [1.165, 1.54) is 21.3 Å². The molecule has 1 amide bonds. The number of fused-ring (bicyclic) bond motifs is 5. The number of thioether (sulfide) groups is 1. The van der Waals surface area contributed by atoms with Crippen molar-refractivity contribution in [1.29, 1.82) is 0 Å². The number of hydrogen-bond donors (Lipinski definition) is 3. The summed E-state index contributed by atoms with van der Waals surface area (Å²) in [6, 6.07) is 9.89. The van der Waals surface area contributed by atoms with Gasteiger partial charge in [-0.2, -0.15) is 5.10 Å². The summed E-state index contributed by atoms with van der Waals surface area (Å²) in [7, 11) is 0. The van der Waals surface area contributed by atoms with Crippen molar-refractivity contribution < 1.29 is 18.7 Å². The molecule has 3 aliphatic rings. The molecule has 186 valence electrons. The highest BCUT2D eigenvalue weighted by molar-refractivity contribution is 7.98. The molecule has 0 bridgehead atoms. The summed E-state index contributed by atoms with van der Waals surface area (Å²) in [6.45, 7) is 0.221. The number of aromatic amines is 1. The van der Waals surface area contributed by atoms with Crippen molar-refractivity contribution in [3.63, 3.8) is 0 Å². The van der Waals surface area contributed by atoms with Crippen LogP contribution in [0.1, 0.15) is 38.4 Å². The van der Waals surface area contributed by atoms with Crippen LogP contribution in [0.3, 0.4) is 0 Å². The Balaban J connectivity index is 1.45. The summed E-state index contributed by atoms with van der Waals surface area (Å²) in [5.74, 6) is -3.00. The van der Waals surface area contributed by atoms with Gasteiger partial charge in [0.15, 0.2) is 23.1 Å². The molecule has 0 aliphatic carbocycles. The average molecular weight is 520 g/mol. The highest BCUT2D eigenvalue weighted by atomic mass is 32.2. The molecular weight excluding hydrogens is 500 g/mol. The van der Waals surface area contributed by atoms with Crippen molar-refractivity contribution in [2.24, 2.45) is 0 Å². The minimum atomic E-state index is -1.04. The molecule has 0 unspecified atom stereocenters. The molecule has 2 aromatic heterocycles. The Morgan fingerprint density at radius 3 is 2.81 bits per heavy atom. The summed E-state index contributed by atoms with van der Waals surface area (Å²) in [4.78, 5) is 28.9. The fraction of sp³-hybridized carbons (Fsp3) is 0.192. The van der Waals surface area contributed by atoms with E-state index in [9.17, 15) is 19.1 Å². The van der Waals surface area contributed by atoms with Crippen molar-refractivity contribution >= 4 is 17.7 Å². The van der Waals surface area contributed by atoms with Crippen LogP contribution in [0, 0.1) is 11.6 Å². The van der Waals surface area contributed by atoms with Gasteiger partial charge in [-0.05, 0) is 35.2 Å². The second-order valence-corrected chi connectivity index (χ2v) is 10.3. The van der Waals surface area contributed by atoms with Gasteiger partial charge in [0.05, 0.1) is 24.1 Å². The Labute approximate surface area is 212 Å². The maximum atomic E-state index is 15.1. The second-order valence-electron chi connectivity index (χ2n) is 9.33. The smallest absolute Gasteiger partial charge is 0.278 e. The normalized spacial score (nSPS) is 17.6. The first-order chi connectivity index (χ1) is 17.9. The van der Waals surface area contributed by atoms with E-state index in [-0.39, 0.29) is 34.8 Å². The summed E-state index contributed by atoms with van der Waals surface area (Å²) in [5.41, 5.74) is 6.10. The van der Waals surface area contributed by atoms with E-state index in [1.54, 1.807) is 6.20 Å². The third-order valence-electron chi connectivity index (χ3n) is 7.28. The Morgan fingerprint density at radius 2 is 1.95 bits per heavy atom. The standard InChI is InChI=1S/C26H19F2N5O3S/c27-17-7-15(14-5-12-3-1-2-4-21(12)37-11-16(14)23(17)28)19-8-20(34)25(35)24-26(36)32-10-18-13(9-29-30-18)6-22(32)31-33(19)24/h1-4,7-9,22,31,35H,5-6,10-11H2,(H,29,30)/t22-/m0/s1. The third-order valence-corrected chi connectivity index (χ3v) is 8.42. The van der Waals surface area contributed by atoms with Crippen LogP contribution in [0.2, 0.25) is 0 Å². The zero-order valence-corrected chi connectivity index (χ0v) is 20.0. The van der Waals surface area contributed by atoms with Gasteiger partial charge in [0.25, 0.3) is 5.91 Å². The van der Waals surface area contributed by atoms with Gasteiger partial charge in [0.1, 0.15) is 6.17 Å². The Bertz CT molecular complexity index is 1700. The van der Waals surface area contributed by atoms with E-state index < -0.39 is 34.9 Å². The number of pyridine rings is 1. The first-order valence-electron chi connectivity index (χ1n) is 11.7. The van der Waals surface area contributed by atoms with Gasteiger partial charge < -0.3 is 15.4 Å². The van der Waals surface area contributed by atoms with E-state index in [0.717, 1.165) is 33.8 Å². The largest absolute Gasteiger partial charge is 0.502 e. The van der Waals surface area contributed by atoms with Crippen LogP contribution in [-0.2, 0) is 25.1 Å². The number of carbonyl (C=O) groups excluding carboxylic acids is 1. The quantitative estimate of drug-likeness (QED) is 0.356. The minimum Gasteiger partial charge on any atom is -0.502 e. The number of nitrogens with zero attached hydrogens (tertiary/aromatic N) is 3. The van der Waals surface area contributed by atoms with Gasteiger partial charge in [-0.25, -0.2) is 13.5 Å². The van der Waals surface area contributed by atoms with Gasteiger partial charge in [0.2, 0.25) is 5.43 Å². The van der Waals surface area contributed by atoms with Crippen LogP contribution in [0.15, 0.2) is 52.3 Å². The summed E-state index contributed by atoms with van der Waals surface area (Å²) >= 11 is 1.42. The lowest BCUT2D eigenvalue weighted by Gasteiger charge is -2.42. The Hall–Kier alpha value is -4.12. The van der Waals surface area contributed by atoms with Crippen LogP contribution in [0.5, 0.6) is 5.75 Å². The first kappa shape index (κ1) is 22.1. The number of benzene rings is 2. The molecule has 3 aliphatic heterocycles. The van der Waals surface area contributed by atoms with Gasteiger partial charge in [-0.15, -0.1) is 11.8 Å². The van der Waals surface area contributed by atoms with E-state index >= 15 is 4.39 Å². The molecule has 11 heteroatoms. The summed E-state index contributed by atoms with van der Waals surface area (Å²) in [6.07, 6.45) is 1.95. The lowest BCUT2D eigenvalue weighted by molar-refractivity contribution is 0.0594. The van der Waals surface area contributed by atoms with Crippen LogP contribution in [0.4, 0.5) is 8.78 Å². The molecule has 37 heavy (non-hydrogen) atoms. The first-order valence-corrected chi connectivity index (χ1v) is 12.7. The molecule has 0 saturated heterocycles. The number of amides is 1. The van der Waals surface area contributed by atoms with E-state index in [1.807, 2.05) is 24.3 Å². The number of hydrogen-bond acceptors (Lipinski definition) is 6. The van der Waals surface area contributed by atoms with Crippen LogP contribution >= 0.6 is 11.8 Å². The number of rotatable bonds is 1. The number of aromatic nitrogens is 3. The number of halogens is 2. The number of nitrogens with one attached hydrogen (secondary N) is 2. The SMILES string of the molecule is O=C1c2c(O)c(=O)cc(-c3cc(F)c(F)c4c3Cc3ccccc3SC4)n2N[C@@H]2Cc3cn[nH]c3CN12. The van der Waals surface area contributed by atoms with E-state index in [2.05, 4.69) is 15.6 Å². The van der Waals surface area contributed by atoms with Crippen LogP contribution in [-0.4, -0.2) is 37.0 Å². The van der Waals surface area contributed by atoms with Crippen molar-refractivity contribution in [2.75, 3.05) is 5.43 Å². The summed E-state index contributed by atoms with van der Waals surface area (Å²) < 4.78 is 31.4. The van der Waals surface area contributed by atoms with Crippen molar-refractivity contribution in [2.45, 2.75) is 36.2 Å². The summed E-state index contributed by atoms with van der Waals surface area (Å²) in [5, 5.41) is 17.6. The average Bonchev–Trinajstić information content (AvgIpc) is 3.26. The molecule has 0 spiro atoms. The van der Waals surface area contributed by atoms with Gasteiger partial charge >= 0.3 is 0 Å². The van der Waals surface area contributed by atoms with Crippen molar-refractivity contribution in [1.82, 2.24) is 19.8 Å². The van der Waals surface area contributed by atoms with Crippen LogP contribution in [0.25, 0.3) is 11.3 Å². The van der Waals surface area contributed by atoms with E-state index in [4.69, 9.17) is 0 Å². The molecule has 8 nitrogen and oxygen atoms in total. The number of aromatic hydroxyl groups is 1. The van der Waals surface area contributed by atoms with E-state index in [0.29, 0.717) is 18.4 Å².